The summed E-state index contributed by atoms with van der Waals surface area (Å²) in [6, 6.07) is 8.87. The third-order valence-corrected chi connectivity index (χ3v) is 4.04. The third kappa shape index (κ3) is 3.65. The number of aromatic nitrogens is 3. The summed E-state index contributed by atoms with van der Waals surface area (Å²) >= 11 is 0. The number of aryl methyl sites for hydroxylation is 2. The van der Waals surface area contributed by atoms with Crippen molar-refractivity contribution in [1.82, 2.24) is 19.8 Å². The minimum Gasteiger partial charge on any atom is -0.361 e. The summed E-state index contributed by atoms with van der Waals surface area (Å²) in [4.78, 5) is 37.2. The highest BCUT2D eigenvalue weighted by atomic mass is 16.6. The number of benzene rings is 1. The molecule has 0 saturated heterocycles. The molecule has 0 atom stereocenters. The highest BCUT2D eigenvalue weighted by Gasteiger charge is 2.22. The standard InChI is InChI=1S/C18H17N5O5/c1-11-8-16(24)17(18(25)21(3)10-13-9-12(2)28-20-13)19-22(11)14-6-4-5-7-15(14)23(26)27/h4-9H,10H2,1-3H3. The maximum Gasteiger partial charge on any atom is 0.294 e. The Morgan fingerprint density at radius 2 is 2.00 bits per heavy atom. The van der Waals surface area contributed by atoms with E-state index < -0.39 is 16.3 Å². The van der Waals surface area contributed by atoms with Gasteiger partial charge in [0.25, 0.3) is 11.6 Å². The van der Waals surface area contributed by atoms with Gasteiger partial charge in [0, 0.05) is 30.9 Å². The quantitative estimate of drug-likeness (QED) is 0.487. The van der Waals surface area contributed by atoms with Crippen LogP contribution in [0.25, 0.3) is 5.69 Å². The van der Waals surface area contributed by atoms with Crippen molar-refractivity contribution in [3.8, 4) is 5.69 Å². The molecule has 0 bridgehead atoms. The lowest BCUT2D eigenvalue weighted by molar-refractivity contribution is -0.384. The monoisotopic (exact) mass is 383 g/mol. The molecule has 0 unspecified atom stereocenters. The average Bonchev–Trinajstić information content (AvgIpc) is 3.06. The number of para-hydroxylation sites is 2. The molecular weight excluding hydrogens is 366 g/mol. The second-order valence-corrected chi connectivity index (χ2v) is 6.25. The fourth-order valence-electron chi connectivity index (χ4n) is 2.73. The van der Waals surface area contributed by atoms with Crippen molar-refractivity contribution in [1.29, 1.82) is 0 Å². The number of hydrogen-bond donors (Lipinski definition) is 0. The van der Waals surface area contributed by atoms with E-state index in [1.165, 1.54) is 40.9 Å². The molecule has 28 heavy (non-hydrogen) atoms. The zero-order valence-corrected chi connectivity index (χ0v) is 15.4. The Balaban J connectivity index is 2.01. The number of carbonyl (C=O) groups is 1. The first-order valence-corrected chi connectivity index (χ1v) is 8.30. The Bertz CT molecular complexity index is 1120. The van der Waals surface area contributed by atoms with Crippen LogP contribution in [0.5, 0.6) is 0 Å². The fraction of sp³-hybridized carbons (Fsp3) is 0.222. The highest BCUT2D eigenvalue weighted by Crippen LogP contribution is 2.22. The third-order valence-electron chi connectivity index (χ3n) is 4.04. The van der Waals surface area contributed by atoms with Crippen molar-refractivity contribution in [2.75, 3.05) is 7.05 Å². The van der Waals surface area contributed by atoms with E-state index >= 15 is 0 Å². The molecule has 10 heteroatoms. The molecule has 0 aliphatic heterocycles. The normalized spacial score (nSPS) is 10.7. The number of hydrogen-bond acceptors (Lipinski definition) is 7. The van der Waals surface area contributed by atoms with Crippen molar-refractivity contribution < 1.29 is 14.2 Å². The Hall–Kier alpha value is -3.82. The second-order valence-electron chi connectivity index (χ2n) is 6.25. The van der Waals surface area contributed by atoms with Crippen LogP contribution in [0.3, 0.4) is 0 Å². The smallest absolute Gasteiger partial charge is 0.294 e. The zero-order valence-electron chi connectivity index (χ0n) is 15.4. The van der Waals surface area contributed by atoms with Crippen molar-refractivity contribution in [3.05, 3.63) is 79.6 Å². The van der Waals surface area contributed by atoms with Crippen molar-refractivity contribution in [2.24, 2.45) is 0 Å². The van der Waals surface area contributed by atoms with Crippen LogP contribution < -0.4 is 5.43 Å². The molecule has 1 aromatic carbocycles. The van der Waals surface area contributed by atoms with Gasteiger partial charge in [-0.25, -0.2) is 4.68 Å². The molecular formula is C18H17N5O5. The summed E-state index contributed by atoms with van der Waals surface area (Å²) in [5.41, 5.74) is -0.0440. The van der Waals surface area contributed by atoms with Gasteiger partial charge < -0.3 is 9.42 Å². The van der Waals surface area contributed by atoms with Gasteiger partial charge in [-0.05, 0) is 19.9 Å². The van der Waals surface area contributed by atoms with Crippen LogP contribution in [0.4, 0.5) is 5.69 Å². The molecule has 1 amide bonds. The lowest BCUT2D eigenvalue weighted by Crippen LogP contribution is -2.33. The molecule has 0 aliphatic carbocycles. The van der Waals surface area contributed by atoms with Gasteiger partial charge >= 0.3 is 0 Å². The van der Waals surface area contributed by atoms with Crippen LogP contribution in [-0.4, -0.2) is 37.7 Å². The molecule has 10 nitrogen and oxygen atoms in total. The molecule has 2 heterocycles. The number of rotatable bonds is 5. The van der Waals surface area contributed by atoms with Gasteiger partial charge in [-0.3, -0.25) is 19.7 Å². The number of nitrogens with zero attached hydrogens (tertiary/aromatic N) is 5. The lowest BCUT2D eigenvalue weighted by atomic mass is 10.2. The maximum absolute atomic E-state index is 12.7. The summed E-state index contributed by atoms with van der Waals surface area (Å²) in [5.74, 6) is -0.0268. The second kappa shape index (κ2) is 7.43. The largest absolute Gasteiger partial charge is 0.361 e. The summed E-state index contributed by atoms with van der Waals surface area (Å²) in [5, 5.41) is 19.3. The van der Waals surface area contributed by atoms with Crippen molar-refractivity contribution in [3.63, 3.8) is 0 Å². The van der Waals surface area contributed by atoms with Crippen LogP contribution in [0.2, 0.25) is 0 Å². The molecule has 0 radical (unpaired) electrons. The molecule has 0 aliphatic rings. The van der Waals surface area contributed by atoms with Gasteiger partial charge in [-0.15, -0.1) is 0 Å². The van der Waals surface area contributed by atoms with E-state index in [1.54, 1.807) is 26.0 Å². The molecule has 0 saturated carbocycles. The fourth-order valence-corrected chi connectivity index (χ4v) is 2.73. The summed E-state index contributed by atoms with van der Waals surface area (Å²) in [6.45, 7) is 3.43. The molecule has 0 fully saturated rings. The number of nitro groups is 1. The van der Waals surface area contributed by atoms with E-state index in [2.05, 4.69) is 10.3 Å². The molecule has 0 N–H and O–H groups in total. The van der Waals surface area contributed by atoms with Gasteiger partial charge in [-0.1, -0.05) is 17.3 Å². The predicted molar refractivity (Wildman–Crippen MR) is 98.3 cm³/mol. The number of carbonyl (C=O) groups excluding carboxylic acids is 1. The van der Waals surface area contributed by atoms with E-state index in [0.29, 0.717) is 17.1 Å². The Morgan fingerprint density at radius 3 is 2.64 bits per heavy atom. The van der Waals surface area contributed by atoms with E-state index in [1.807, 2.05) is 0 Å². The van der Waals surface area contributed by atoms with Gasteiger partial charge in [-0.2, -0.15) is 5.10 Å². The summed E-state index contributed by atoms with van der Waals surface area (Å²) in [7, 11) is 1.50. The van der Waals surface area contributed by atoms with Crippen molar-refractivity contribution >= 4 is 11.6 Å². The summed E-state index contributed by atoms with van der Waals surface area (Å²) < 4.78 is 6.19. The number of amides is 1. The lowest BCUT2D eigenvalue weighted by Gasteiger charge is -2.16. The van der Waals surface area contributed by atoms with Crippen LogP contribution in [0.15, 0.2) is 45.7 Å². The zero-order chi connectivity index (χ0) is 20.4. The van der Waals surface area contributed by atoms with Crippen LogP contribution in [0.1, 0.15) is 27.6 Å². The molecule has 2 aromatic heterocycles. The van der Waals surface area contributed by atoms with Crippen molar-refractivity contribution in [2.45, 2.75) is 20.4 Å². The Kier molecular flexibility index (Phi) is 5.03. The minimum absolute atomic E-state index is 0.122. The van der Waals surface area contributed by atoms with Crippen LogP contribution in [0, 0.1) is 24.0 Å². The number of nitro benzene ring substituents is 1. The van der Waals surface area contributed by atoms with Gasteiger partial charge in [0.1, 0.15) is 17.1 Å². The highest BCUT2D eigenvalue weighted by molar-refractivity contribution is 5.91. The summed E-state index contributed by atoms with van der Waals surface area (Å²) in [6.07, 6.45) is 0. The molecule has 144 valence electrons. The van der Waals surface area contributed by atoms with E-state index in [0.717, 1.165) is 0 Å². The van der Waals surface area contributed by atoms with E-state index in [4.69, 9.17) is 4.52 Å². The van der Waals surface area contributed by atoms with Crippen LogP contribution in [-0.2, 0) is 6.54 Å². The van der Waals surface area contributed by atoms with Gasteiger partial charge in [0.05, 0.1) is 11.5 Å². The Labute approximate surface area is 159 Å². The first kappa shape index (κ1) is 19.0. The molecule has 0 spiro atoms. The van der Waals surface area contributed by atoms with E-state index in [9.17, 15) is 19.7 Å². The predicted octanol–water partition coefficient (Wildman–Crippen LogP) is 2.02. The topological polar surface area (TPSA) is 124 Å². The van der Waals surface area contributed by atoms with Gasteiger partial charge in [0.2, 0.25) is 5.43 Å². The molecule has 3 rings (SSSR count). The minimum atomic E-state index is -0.627. The van der Waals surface area contributed by atoms with Gasteiger partial charge in [0.15, 0.2) is 5.69 Å². The van der Waals surface area contributed by atoms with E-state index in [-0.39, 0.29) is 23.6 Å². The Morgan fingerprint density at radius 1 is 1.29 bits per heavy atom. The first-order valence-electron chi connectivity index (χ1n) is 8.30. The molecule has 3 aromatic rings. The average molecular weight is 383 g/mol. The maximum atomic E-state index is 12.7. The van der Waals surface area contributed by atoms with Crippen LogP contribution >= 0.6 is 0 Å². The first-order chi connectivity index (χ1) is 13.3. The SMILES string of the molecule is Cc1cc(CN(C)C(=O)c2nn(-c3ccccc3[N+](=O)[O-])c(C)cc2=O)no1.